The normalized spacial score (nSPS) is 16.3. The maximum absolute atomic E-state index is 13.3. The second-order valence-electron chi connectivity index (χ2n) is 8.15. The number of carboxylic acid groups (broad SMARTS) is 1. The van der Waals surface area contributed by atoms with Crippen molar-refractivity contribution < 1.29 is 29.0 Å². The highest BCUT2D eigenvalue weighted by molar-refractivity contribution is 6.30. The molecule has 0 aromatic heterocycles. The number of methoxy groups -OCH3 is 1. The van der Waals surface area contributed by atoms with Crippen LogP contribution in [0.5, 0.6) is 5.75 Å². The van der Waals surface area contributed by atoms with Gasteiger partial charge in [0.05, 0.1) is 24.6 Å². The molecular weight excluding hydrogens is 511 g/mol. The average Bonchev–Trinajstić information content (AvgIpc) is 2.96. The summed E-state index contributed by atoms with van der Waals surface area (Å²) in [5, 5.41) is 15.1. The Morgan fingerprint density at radius 2 is 2.00 bits per heavy atom. The number of hydrogen-bond acceptors (Lipinski definition) is 6. The summed E-state index contributed by atoms with van der Waals surface area (Å²) in [5.74, 6) is -2.31. The summed E-state index contributed by atoms with van der Waals surface area (Å²) in [6.45, 7) is 1.45. The van der Waals surface area contributed by atoms with Gasteiger partial charge in [0.15, 0.2) is 0 Å². The number of halogens is 2. The molecule has 10 nitrogen and oxygen atoms in total. The fourth-order valence-corrected chi connectivity index (χ4v) is 4.16. The molecule has 5 N–H and O–H groups in total. The molecule has 2 atom stereocenters. The second kappa shape index (κ2) is 12.5. The van der Waals surface area contributed by atoms with E-state index in [4.69, 9.17) is 22.1 Å². The van der Waals surface area contributed by atoms with Crippen LogP contribution in [0.15, 0.2) is 36.4 Å². The predicted molar refractivity (Wildman–Crippen MR) is 137 cm³/mol. The van der Waals surface area contributed by atoms with Gasteiger partial charge in [0.1, 0.15) is 12.3 Å². The van der Waals surface area contributed by atoms with Gasteiger partial charge in [-0.1, -0.05) is 24.6 Å². The van der Waals surface area contributed by atoms with Crippen LogP contribution in [-0.2, 0) is 16.0 Å². The number of amides is 4. The number of nitrogens with zero attached hydrogens (tertiary/aromatic N) is 1. The number of urea groups is 1. The Morgan fingerprint density at radius 1 is 1.28 bits per heavy atom. The van der Waals surface area contributed by atoms with Gasteiger partial charge in [0, 0.05) is 17.3 Å². The molecule has 0 spiro atoms. The number of carbonyl (C=O) groups excluding carboxylic acids is 3. The molecule has 0 unspecified atom stereocenters. The minimum atomic E-state index is -1.16. The second-order valence-corrected chi connectivity index (χ2v) is 8.58. The summed E-state index contributed by atoms with van der Waals surface area (Å²) in [6.07, 6.45) is 0.645. The van der Waals surface area contributed by atoms with Crippen molar-refractivity contribution in [1.82, 2.24) is 15.5 Å². The maximum atomic E-state index is 13.3. The Labute approximate surface area is 219 Å². The number of anilines is 1. The molecule has 0 saturated carbocycles. The monoisotopic (exact) mass is 538 g/mol. The van der Waals surface area contributed by atoms with Crippen LogP contribution < -0.4 is 21.1 Å². The zero-order valence-electron chi connectivity index (χ0n) is 19.7. The Balaban J connectivity index is 0.00000456. The molecule has 12 heteroatoms. The average molecular weight is 539 g/mol. The minimum Gasteiger partial charge on any atom is -0.496 e. The molecule has 2 aromatic rings. The SMILES string of the molecule is CC[C@@H](NC(=O)N1CC(=O)NC[C@H](Cc2cc(Cl)ccc2OC)C1=O)c1ccc(C(=O)O)c(N)c1.Cl. The molecule has 194 valence electrons. The third-order valence-corrected chi connectivity index (χ3v) is 6.07. The molecule has 0 aliphatic carbocycles. The van der Waals surface area contributed by atoms with E-state index < -0.39 is 42.3 Å². The minimum absolute atomic E-state index is 0. The number of carboxylic acids is 1. The van der Waals surface area contributed by atoms with E-state index in [-0.39, 0.29) is 36.6 Å². The molecule has 2 aromatic carbocycles. The molecule has 1 saturated heterocycles. The van der Waals surface area contributed by atoms with E-state index >= 15 is 0 Å². The van der Waals surface area contributed by atoms with Crippen molar-refractivity contribution in [3.63, 3.8) is 0 Å². The van der Waals surface area contributed by atoms with Crippen LogP contribution in [0.2, 0.25) is 5.02 Å². The zero-order chi connectivity index (χ0) is 25.7. The van der Waals surface area contributed by atoms with Crippen LogP contribution in [0.4, 0.5) is 10.5 Å². The van der Waals surface area contributed by atoms with E-state index in [0.717, 1.165) is 4.90 Å². The number of rotatable bonds is 7. The third kappa shape index (κ3) is 6.58. The van der Waals surface area contributed by atoms with Crippen molar-refractivity contribution in [3.05, 3.63) is 58.1 Å². The molecule has 0 radical (unpaired) electrons. The first-order valence-electron chi connectivity index (χ1n) is 11.0. The summed E-state index contributed by atoms with van der Waals surface area (Å²) >= 11 is 6.11. The maximum Gasteiger partial charge on any atom is 0.337 e. The van der Waals surface area contributed by atoms with E-state index in [0.29, 0.717) is 28.3 Å². The van der Waals surface area contributed by atoms with E-state index in [1.54, 1.807) is 24.3 Å². The number of nitrogen functional groups attached to an aromatic ring is 1. The quantitative estimate of drug-likeness (QED) is 0.395. The highest BCUT2D eigenvalue weighted by atomic mass is 35.5. The van der Waals surface area contributed by atoms with Crippen LogP contribution in [0, 0.1) is 5.92 Å². The van der Waals surface area contributed by atoms with Crippen LogP contribution in [0.1, 0.15) is 40.9 Å². The Hall–Kier alpha value is -3.50. The lowest BCUT2D eigenvalue weighted by Crippen LogP contribution is -2.48. The number of benzene rings is 2. The van der Waals surface area contributed by atoms with Crippen LogP contribution >= 0.6 is 24.0 Å². The van der Waals surface area contributed by atoms with Crippen molar-refractivity contribution in [2.45, 2.75) is 25.8 Å². The molecule has 3 rings (SSSR count). The van der Waals surface area contributed by atoms with Gasteiger partial charge in [-0.05, 0) is 54.3 Å². The van der Waals surface area contributed by atoms with Gasteiger partial charge in [-0.25, -0.2) is 9.59 Å². The number of nitrogens with one attached hydrogen (secondary N) is 2. The number of hydrogen-bond donors (Lipinski definition) is 4. The van der Waals surface area contributed by atoms with Crippen molar-refractivity contribution in [2.24, 2.45) is 5.92 Å². The number of ether oxygens (including phenoxy) is 1. The number of carbonyl (C=O) groups is 4. The molecule has 1 aliphatic heterocycles. The van der Waals surface area contributed by atoms with E-state index in [2.05, 4.69) is 10.6 Å². The number of imide groups is 1. The van der Waals surface area contributed by atoms with Gasteiger partial charge in [-0.3, -0.25) is 14.5 Å². The first-order valence-corrected chi connectivity index (χ1v) is 11.4. The van der Waals surface area contributed by atoms with Gasteiger partial charge >= 0.3 is 12.0 Å². The fourth-order valence-electron chi connectivity index (χ4n) is 3.97. The molecular formula is C24H28Cl2N4O6. The summed E-state index contributed by atoms with van der Waals surface area (Å²) in [7, 11) is 1.50. The lowest BCUT2D eigenvalue weighted by atomic mass is 9.97. The summed E-state index contributed by atoms with van der Waals surface area (Å²) in [5.41, 5.74) is 7.11. The van der Waals surface area contributed by atoms with Gasteiger partial charge < -0.3 is 26.2 Å². The van der Waals surface area contributed by atoms with Crippen molar-refractivity contribution in [1.29, 1.82) is 0 Å². The third-order valence-electron chi connectivity index (χ3n) is 5.83. The Kier molecular flexibility index (Phi) is 9.94. The van der Waals surface area contributed by atoms with Crippen molar-refractivity contribution in [2.75, 3.05) is 25.9 Å². The smallest absolute Gasteiger partial charge is 0.337 e. The van der Waals surface area contributed by atoms with Crippen molar-refractivity contribution >= 4 is 53.5 Å². The van der Waals surface area contributed by atoms with Crippen LogP contribution in [-0.4, -0.2) is 54.0 Å². The highest BCUT2D eigenvalue weighted by Crippen LogP contribution is 2.27. The summed E-state index contributed by atoms with van der Waals surface area (Å²) in [4.78, 5) is 50.9. The molecule has 36 heavy (non-hydrogen) atoms. The molecule has 0 bridgehead atoms. The van der Waals surface area contributed by atoms with Crippen LogP contribution in [0.3, 0.4) is 0 Å². The standard InChI is InChI=1S/C24H27ClN4O6.ClH/c1-3-19(13-4-6-17(23(32)33)18(26)10-13)28-24(34)29-12-21(30)27-11-15(22(29)31)8-14-9-16(25)5-7-20(14)35-2;/h4-7,9-10,15,19H,3,8,11-12,26H2,1-2H3,(H,27,30)(H,28,34)(H,32,33);1H/t15-,19+;/m0./s1. The highest BCUT2D eigenvalue weighted by Gasteiger charge is 2.35. The Morgan fingerprint density at radius 3 is 2.61 bits per heavy atom. The van der Waals surface area contributed by atoms with E-state index in [1.165, 1.54) is 19.2 Å². The summed E-state index contributed by atoms with van der Waals surface area (Å²) in [6, 6.07) is 8.14. The lowest BCUT2D eigenvalue weighted by Gasteiger charge is -2.25. The topological polar surface area (TPSA) is 151 Å². The predicted octanol–water partition coefficient (Wildman–Crippen LogP) is 3.03. The van der Waals surface area contributed by atoms with Gasteiger partial charge in [0.25, 0.3) is 0 Å². The largest absolute Gasteiger partial charge is 0.496 e. The van der Waals surface area contributed by atoms with E-state index in [9.17, 15) is 24.3 Å². The van der Waals surface area contributed by atoms with Gasteiger partial charge in [-0.15, -0.1) is 12.4 Å². The first kappa shape index (κ1) is 28.7. The summed E-state index contributed by atoms with van der Waals surface area (Å²) < 4.78 is 5.36. The zero-order valence-corrected chi connectivity index (χ0v) is 21.3. The lowest BCUT2D eigenvalue weighted by molar-refractivity contribution is -0.133. The van der Waals surface area contributed by atoms with Gasteiger partial charge in [-0.2, -0.15) is 0 Å². The molecule has 1 aliphatic rings. The Bertz CT molecular complexity index is 1160. The van der Waals surface area contributed by atoms with Crippen LogP contribution in [0.25, 0.3) is 0 Å². The molecule has 1 heterocycles. The van der Waals surface area contributed by atoms with Gasteiger partial charge in [0.2, 0.25) is 11.8 Å². The van der Waals surface area contributed by atoms with E-state index in [1.807, 2.05) is 6.92 Å². The number of aromatic carboxylic acids is 1. The first-order chi connectivity index (χ1) is 16.6. The fraction of sp³-hybridized carbons (Fsp3) is 0.333. The number of nitrogens with two attached hydrogens (primary N) is 1. The van der Waals surface area contributed by atoms with Crippen molar-refractivity contribution in [3.8, 4) is 5.75 Å². The molecule has 4 amide bonds. The molecule has 1 fully saturated rings.